The Morgan fingerprint density at radius 3 is 1.79 bits per heavy atom. The van der Waals surface area contributed by atoms with Gasteiger partial charge in [0, 0.05) is 76.0 Å². The number of rotatable bonds is 31. The highest BCUT2D eigenvalue weighted by Crippen LogP contribution is 2.80. The molecule has 1 aromatic carbocycles. The molecule has 6 fully saturated rings. The first kappa shape index (κ1) is 52.7. The lowest BCUT2D eigenvalue weighted by molar-refractivity contribution is -0.318. The van der Waals surface area contributed by atoms with E-state index in [-0.39, 0.29) is 48.2 Å². The lowest BCUT2D eigenvalue weighted by atomic mass is 9.43. The standard InChI is InChI=1S/C56H91NO10/c1-7-9-10-11-12-13-14-15-16-17-18-19-20-21-22-23-24-25-26-27-31-34-43(58)67-56-44-41(37-54(61,51(65-6)49(56)59)50(44)66-52(60)40-32-29-28-30-33-40)55-42(63-4)35-36-53(39-62-3)38-57(8-2)48(55)45(56)46(64-5)47(53)55/h28-30,32-33,41-42,44-51,59,61H,7-27,31,34-39H2,1-6H3/t41-,42+,44-,45+,46+,47-,48?,49+,50-,51+,53+,54-,55+,56-/m1/s1. The van der Waals surface area contributed by atoms with Gasteiger partial charge in [-0.2, -0.15) is 0 Å². The van der Waals surface area contributed by atoms with Crippen LogP contribution in [-0.2, 0) is 33.2 Å². The van der Waals surface area contributed by atoms with Crippen molar-refractivity contribution in [3.63, 3.8) is 0 Å². The van der Waals surface area contributed by atoms with E-state index in [1.54, 1.807) is 45.6 Å². The molecule has 1 saturated heterocycles. The lowest BCUT2D eigenvalue weighted by Gasteiger charge is -2.69. The number of ether oxygens (including phenoxy) is 6. The summed E-state index contributed by atoms with van der Waals surface area (Å²) in [5.74, 6) is -2.76. The van der Waals surface area contributed by atoms with Crippen LogP contribution in [-0.4, -0.2) is 123 Å². The predicted octanol–water partition coefficient (Wildman–Crippen LogP) is 10.3. The molecule has 380 valence electrons. The number of methoxy groups -OCH3 is 4. The highest BCUT2D eigenvalue weighted by Gasteiger charge is 2.91. The smallest absolute Gasteiger partial charge is 0.338 e. The summed E-state index contributed by atoms with van der Waals surface area (Å²) in [4.78, 5) is 31.3. The Bertz CT molecular complexity index is 1700. The topological polar surface area (TPSA) is 133 Å². The van der Waals surface area contributed by atoms with Crippen LogP contribution in [0.2, 0.25) is 0 Å². The van der Waals surface area contributed by atoms with E-state index in [2.05, 4.69) is 18.7 Å². The number of carbonyl (C=O) groups excluding carboxylic acids is 2. The first-order valence-corrected chi connectivity index (χ1v) is 27.3. The molecule has 1 unspecified atom stereocenters. The van der Waals surface area contributed by atoms with Gasteiger partial charge in [-0.25, -0.2) is 4.79 Å². The first-order chi connectivity index (χ1) is 32.6. The van der Waals surface area contributed by atoms with Crippen LogP contribution in [0.15, 0.2) is 30.3 Å². The fourth-order valence-electron chi connectivity index (χ4n) is 16.1. The van der Waals surface area contributed by atoms with Crippen LogP contribution in [0, 0.1) is 34.5 Å². The normalized spacial score (nSPS) is 36.9. The summed E-state index contributed by atoms with van der Waals surface area (Å²) in [6.45, 7) is 6.44. The van der Waals surface area contributed by atoms with Gasteiger partial charge in [0.15, 0.2) is 5.60 Å². The maximum atomic E-state index is 14.6. The minimum atomic E-state index is -1.77. The van der Waals surface area contributed by atoms with Gasteiger partial charge in [0.25, 0.3) is 0 Å². The fourth-order valence-corrected chi connectivity index (χ4v) is 16.1. The molecule has 14 atom stereocenters. The summed E-state index contributed by atoms with van der Waals surface area (Å²) in [5, 5.41) is 26.2. The van der Waals surface area contributed by atoms with Crippen LogP contribution in [0.4, 0.5) is 0 Å². The van der Waals surface area contributed by atoms with Gasteiger partial charge in [-0.15, -0.1) is 0 Å². The predicted molar refractivity (Wildman–Crippen MR) is 261 cm³/mol. The second-order valence-corrected chi connectivity index (χ2v) is 22.0. The number of carbonyl (C=O) groups is 2. The monoisotopic (exact) mass is 938 g/mol. The van der Waals surface area contributed by atoms with Crippen LogP contribution < -0.4 is 0 Å². The van der Waals surface area contributed by atoms with E-state index in [1.165, 1.54) is 116 Å². The van der Waals surface area contributed by atoms with Gasteiger partial charge >= 0.3 is 11.9 Å². The molecular formula is C56H91NO10. The van der Waals surface area contributed by atoms with Gasteiger partial charge in [-0.1, -0.05) is 160 Å². The molecule has 1 aromatic rings. The Labute approximate surface area is 404 Å². The summed E-state index contributed by atoms with van der Waals surface area (Å²) < 4.78 is 39.2. The van der Waals surface area contributed by atoms with E-state index in [4.69, 9.17) is 28.4 Å². The SMILES string of the molecule is CCCCCCCCCCCCCCCCCCCCCCCC(=O)O[C@]12[C@H]3[C@@H](OC(=O)c4ccccc4)[C@](O)(C[C@H]3[C@@]34C5[C@@H]1[C@H](OC)[C@@H]3[C@@](COC)(CC[C@@H]4OC)CN5CC)[C@@H](OC)[C@@H]2O. The van der Waals surface area contributed by atoms with E-state index in [9.17, 15) is 19.8 Å². The number of esters is 2. The van der Waals surface area contributed by atoms with Crippen molar-refractivity contribution in [1.82, 2.24) is 4.90 Å². The summed E-state index contributed by atoms with van der Waals surface area (Å²) >= 11 is 0. The summed E-state index contributed by atoms with van der Waals surface area (Å²) in [6, 6.07) is 8.58. The number of nitrogens with zero attached hydrogens (tertiary/aromatic N) is 1. The third-order valence-electron chi connectivity index (χ3n) is 18.5. The van der Waals surface area contributed by atoms with Crippen molar-refractivity contribution < 1.29 is 48.2 Å². The van der Waals surface area contributed by atoms with Crippen LogP contribution in [0.25, 0.3) is 0 Å². The van der Waals surface area contributed by atoms with Gasteiger partial charge in [-0.05, 0) is 50.3 Å². The van der Waals surface area contributed by atoms with Gasteiger partial charge in [0.1, 0.15) is 23.9 Å². The molecular weight excluding hydrogens is 847 g/mol. The summed E-state index contributed by atoms with van der Waals surface area (Å²) in [7, 11) is 6.75. The van der Waals surface area contributed by atoms with Crippen molar-refractivity contribution in [2.75, 3.05) is 48.1 Å². The molecule has 11 nitrogen and oxygen atoms in total. The maximum Gasteiger partial charge on any atom is 0.338 e. The van der Waals surface area contributed by atoms with E-state index in [1.807, 2.05) is 6.07 Å². The van der Waals surface area contributed by atoms with E-state index >= 15 is 0 Å². The molecule has 0 radical (unpaired) electrons. The molecule has 0 amide bonds. The Kier molecular flexibility index (Phi) is 18.8. The number of aliphatic hydroxyl groups excluding tert-OH is 1. The molecule has 2 N–H and O–H groups in total. The quantitative estimate of drug-likeness (QED) is 0.0545. The van der Waals surface area contributed by atoms with Crippen LogP contribution in [0.5, 0.6) is 0 Å². The molecule has 5 saturated carbocycles. The number of fused-ring (bicyclic) bond motifs is 2. The highest BCUT2D eigenvalue weighted by molar-refractivity contribution is 5.89. The van der Waals surface area contributed by atoms with Crippen LogP contribution in [0.1, 0.15) is 185 Å². The lowest BCUT2D eigenvalue weighted by Crippen LogP contribution is -2.81. The number of hydrogen-bond donors (Lipinski definition) is 2. The second kappa shape index (κ2) is 23.9. The Hall–Kier alpha value is -2.12. The van der Waals surface area contributed by atoms with E-state index in [0.29, 0.717) is 18.6 Å². The Morgan fingerprint density at radius 2 is 1.28 bits per heavy atom. The third-order valence-corrected chi connectivity index (χ3v) is 18.5. The second-order valence-electron chi connectivity index (χ2n) is 22.0. The van der Waals surface area contributed by atoms with Crippen molar-refractivity contribution in [2.45, 2.75) is 222 Å². The maximum absolute atomic E-state index is 14.6. The third kappa shape index (κ3) is 9.81. The summed E-state index contributed by atoms with van der Waals surface area (Å²) in [5.41, 5.74) is -3.97. The van der Waals surface area contributed by atoms with Gasteiger partial charge < -0.3 is 38.6 Å². The number of piperidine rings is 1. The number of aliphatic hydroxyl groups is 2. The van der Waals surface area contributed by atoms with Crippen LogP contribution in [0.3, 0.4) is 0 Å². The van der Waals surface area contributed by atoms with Crippen molar-refractivity contribution in [2.24, 2.45) is 34.5 Å². The van der Waals surface area contributed by atoms with Crippen molar-refractivity contribution in [3.05, 3.63) is 35.9 Å². The number of unbranched alkanes of at least 4 members (excludes halogenated alkanes) is 20. The number of likely N-dealkylation sites (tertiary alicyclic amines) is 1. The zero-order valence-corrected chi connectivity index (χ0v) is 42.6. The Balaban J connectivity index is 1.01. The first-order valence-electron chi connectivity index (χ1n) is 27.3. The molecule has 6 aliphatic rings. The molecule has 1 spiro atoms. The summed E-state index contributed by atoms with van der Waals surface area (Å²) in [6.07, 6.45) is 24.6. The molecule has 7 bridgehead atoms. The average Bonchev–Trinajstić information content (AvgIpc) is 3.71. The Morgan fingerprint density at radius 1 is 0.716 bits per heavy atom. The van der Waals surface area contributed by atoms with Gasteiger partial charge in [0.05, 0.1) is 24.4 Å². The minimum absolute atomic E-state index is 0.108. The molecule has 67 heavy (non-hydrogen) atoms. The zero-order chi connectivity index (χ0) is 47.7. The van der Waals surface area contributed by atoms with E-state index < -0.39 is 58.8 Å². The molecule has 1 heterocycles. The molecule has 0 aromatic heterocycles. The van der Waals surface area contributed by atoms with Crippen molar-refractivity contribution in [1.29, 1.82) is 0 Å². The van der Waals surface area contributed by atoms with Crippen LogP contribution >= 0.6 is 0 Å². The van der Waals surface area contributed by atoms with Crippen molar-refractivity contribution in [3.8, 4) is 0 Å². The molecule has 1 aliphatic heterocycles. The number of hydrogen-bond acceptors (Lipinski definition) is 11. The van der Waals surface area contributed by atoms with Gasteiger partial charge in [-0.3, -0.25) is 9.69 Å². The zero-order valence-electron chi connectivity index (χ0n) is 42.6. The molecule has 5 aliphatic carbocycles. The molecule has 11 heteroatoms. The largest absolute Gasteiger partial charge is 0.455 e. The number of benzene rings is 1. The van der Waals surface area contributed by atoms with Gasteiger partial charge in [0.2, 0.25) is 0 Å². The minimum Gasteiger partial charge on any atom is -0.455 e. The van der Waals surface area contributed by atoms with E-state index in [0.717, 1.165) is 45.2 Å². The fraction of sp³-hybridized carbons (Fsp3) is 0.857. The average molecular weight is 938 g/mol. The highest BCUT2D eigenvalue weighted by atomic mass is 16.6. The van der Waals surface area contributed by atoms with Crippen molar-refractivity contribution >= 4 is 11.9 Å². The molecule has 7 rings (SSSR count).